The van der Waals surface area contributed by atoms with E-state index in [-0.39, 0.29) is 11.8 Å². The molecule has 0 aliphatic carbocycles. The Morgan fingerprint density at radius 2 is 2.21 bits per heavy atom. The van der Waals surface area contributed by atoms with Gasteiger partial charge in [0.25, 0.3) is 5.91 Å². The fourth-order valence-corrected chi connectivity index (χ4v) is 3.62. The number of hydrogen-bond donors (Lipinski definition) is 1. The van der Waals surface area contributed by atoms with Gasteiger partial charge < -0.3 is 10.2 Å². The van der Waals surface area contributed by atoms with Crippen molar-refractivity contribution in [3.63, 3.8) is 0 Å². The first kappa shape index (κ1) is 16.6. The van der Waals surface area contributed by atoms with Crippen LogP contribution in [0, 0.1) is 13.8 Å². The van der Waals surface area contributed by atoms with Crippen molar-refractivity contribution in [1.82, 2.24) is 15.2 Å². The molecule has 0 bridgehead atoms. The first-order chi connectivity index (χ1) is 11.5. The van der Waals surface area contributed by atoms with Gasteiger partial charge >= 0.3 is 0 Å². The molecule has 1 aromatic heterocycles. The third-order valence-corrected chi connectivity index (χ3v) is 5.01. The molecule has 1 fully saturated rings. The second-order valence-electron chi connectivity index (χ2n) is 6.10. The lowest BCUT2D eigenvalue weighted by Gasteiger charge is -2.24. The quantitative estimate of drug-likeness (QED) is 0.928. The van der Waals surface area contributed by atoms with Crippen LogP contribution in [-0.2, 0) is 11.3 Å². The highest BCUT2D eigenvalue weighted by Gasteiger charge is 2.34. The van der Waals surface area contributed by atoms with Crippen LogP contribution in [0.3, 0.4) is 0 Å². The molecule has 0 unspecified atom stereocenters. The van der Waals surface area contributed by atoms with Crippen LogP contribution < -0.4 is 5.32 Å². The van der Waals surface area contributed by atoms with Gasteiger partial charge in [-0.2, -0.15) is 0 Å². The van der Waals surface area contributed by atoms with Crippen LogP contribution in [0.15, 0.2) is 29.6 Å². The van der Waals surface area contributed by atoms with E-state index in [1.807, 2.05) is 37.4 Å². The van der Waals surface area contributed by atoms with Crippen molar-refractivity contribution < 1.29 is 9.59 Å². The van der Waals surface area contributed by atoms with E-state index in [9.17, 15) is 9.59 Å². The molecule has 6 heteroatoms. The zero-order chi connectivity index (χ0) is 17.1. The molecule has 0 radical (unpaired) electrons. The lowest BCUT2D eigenvalue weighted by atomic mass is 10.1. The smallest absolute Gasteiger partial charge is 0.254 e. The predicted octanol–water partition coefficient (Wildman–Crippen LogP) is 2.68. The Morgan fingerprint density at radius 1 is 1.38 bits per heavy atom. The molecule has 5 nitrogen and oxygen atoms in total. The number of aromatic nitrogens is 1. The van der Waals surface area contributed by atoms with Crippen molar-refractivity contribution in [2.24, 2.45) is 0 Å². The standard InChI is InChI=1S/C18H21N3O2S/c1-12-5-3-6-14(9-12)18(23)21-8-4-7-16(21)17(22)19-10-15-11-24-13(2)20-15/h3,5-6,9,11,16H,4,7-8,10H2,1-2H3,(H,19,22)/t16-/m1/s1. The first-order valence-electron chi connectivity index (χ1n) is 8.11. The molecular weight excluding hydrogens is 322 g/mol. The Hall–Kier alpha value is -2.21. The molecular formula is C18H21N3O2S. The Bertz CT molecular complexity index is 756. The number of nitrogens with one attached hydrogen (secondary N) is 1. The highest BCUT2D eigenvalue weighted by Crippen LogP contribution is 2.21. The van der Waals surface area contributed by atoms with E-state index < -0.39 is 6.04 Å². The Kier molecular flexibility index (Phi) is 4.94. The number of nitrogens with zero attached hydrogens (tertiary/aromatic N) is 2. The average Bonchev–Trinajstić information content (AvgIpc) is 3.21. The van der Waals surface area contributed by atoms with Crippen LogP contribution in [0.25, 0.3) is 0 Å². The minimum atomic E-state index is -0.391. The molecule has 1 aromatic carbocycles. The largest absolute Gasteiger partial charge is 0.349 e. The molecule has 2 heterocycles. The summed E-state index contributed by atoms with van der Waals surface area (Å²) in [5, 5.41) is 5.84. The van der Waals surface area contributed by atoms with Gasteiger partial charge in [-0.15, -0.1) is 11.3 Å². The van der Waals surface area contributed by atoms with Crippen LogP contribution in [-0.4, -0.2) is 34.3 Å². The van der Waals surface area contributed by atoms with Gasteiger partial charge in [0.15, 0.2) is 0 Å². The summed E-state index contributed by atoms with van der Waals surface area (Å²) in [7, 11) is 0. The van der Waals surface area contributed by atoms with Crippen LogP contribution in [0.1, 0.15) is 39.5 Å². The van der Waals surface area contributed by atoms with Crippen LogP contribution in [0.5, 0.6) is 0 Å². The van der Waals surface area contributed by atoms with Gasteiger partial charge in [-0.1, -0.05) is 17.7 Å². The fraction of sp³-hybridized carbons (Fsp3) is 0.389. The van der Waals surface area contributed by atoms with Crippen molar-refractivity contribution in [2.45, 2.75) is 39.3 Å². The zero-order valence-electron chi connectivity index (χ0n) is 13.9. The minimum Gasteiger partial charge on any atom is -0.349 e. The van der Waals surface area contributed by atoms with Gasteiger partial charge in [-0.05, 0) is 38.8 Å². The molecule has 3 rings (SSSR count). The maximum absolute atomic E-state index is 12.7. The van der Waals surface area contributed by atoms with E-state index in [1.54, 1.807) is 22.3 Å². The van der Waals surface area contributed by atoms with E-state index in [2.05, 4.69) is 10.3 Å². The molecule has 1 aliphatic heterocycles. The highest BCUT2D eigenvalue weighted by molar-refractivity contribution is 7.09. The van der Waals surface area contributed by atoms with Crippen molar-refractivity contribution in [2.75, 3.05) is 6.54 Å². The summed E-state index contributed by atoms with van der Waals surface area (Å²) < 4.78 is 0. The highest BCUT2D eigenvalue weighted by atomic mass is 32.1. The summed E-state index contributed by atoms with van der Waals surface area (Å²) in [6, 6.07) is 7.12. The van der Waals surface area contributed by atoms with E-state index in [0.717, 1.165) is 22.7 Å². The van der Waals surface area contributed by atoms with Gasteiger partial charge in [0.2, 0.25) is 5.91 Å². The zero-order valence-corrected chi connectivity index (χ0v) is 14.7. The monoisotopic (exact) mass is 343 g/mol. The summed E-state index contributed by atoms with van der Waals surface area (Å²) in [4.78, 5) is 31.3. The Morgan fingerprint density at radius 3 is 2.92 bits per heavy atom. The van der Waals surface area contributed by atoms with Crippen molar-refractivity contribution >= 4 is 23.2 Å². The minimum absolute atomic E-state index is 0.0687. The normalized spacial score (nSPS) is 17.1. The summed E-state index contributed by atoms with van der Waals surface area (Å²) in [5.74, 6) is -0.167. The lowest BCUT2D eigenvalue weighted by molar-refractivity contribution is -0.125. The summed E-state index contributed by atoms with van der Waals surface area (Å²) in [6.45, 7) is 4.93. The number of hydrogen-bond acceptors (Lipinski definition) is 4. The van der Waals surface area contributed by atoms with Crippen LogP contribution in [0.2, 0.25) is 0 Å². The van der Waals surface area contributed by atoms with Crippen LogP contribution in [0.4, 0.5) is 0 Å². The predicted molar refractivity (Wildman–Crippen MR) is 93.9 cm³/mol. The second-order valence-corrected chi connectivity index (χ2v) is 7.16. The van der Waals surface area contributed by atoms with Crippen LogP contribution >= 0.6 is 11.3 Å². The van der Waals surface area contributed by atoms with Crippen molar-refractivity contribution in [1.29, 1.82) is 0 Å². The summed E-state index contributed by atoms with van der Waals surface area (Å²) in [6.07, 6.45) is 1.56. The number of aryl methyl sites for hydroxylation is 2. The van der Waals surface area contributed by atoms with E-state index >= 15 is 0 Å². The molecule has 0 saturated carbocycles. The number of likely N-dealkylation sites (tertiary alicyclic amines) is 1. The summed E-state index contributed by atoms with van der Waals surface area (Å²) >= 11 is 1.57. The lowest BCUT2D eigenvalue weighted by Crippen LogP contribution is -2.45. The molecule has 2 amide bonds. The first-order valence-corrected chi connectivity index (χ1v) is 8.99. The Balaban J connectivity index is 1.66. The van der Waals surface area contributed by atoms with Crippen molar-refractivity contribution in [3.05, 3.63) is 51.5 Å². The number of carbonyl (C=O) groups is 2. The molecule has 2 aromatic rings. The molecule has 24 heavy (non-hydrogen) atoms. The van der Waals surface area contributed by atoms with Gasteiger partial charge in [-0.3, -0.25) is 9.59 Å². The van der Waals surface area contributed by atoms with Gasteiger partial charge in [-0.25, -0.2) is 4.98 Å². The van der Waals surface area contributed by atoms with Crippen molar-refractivity contribution in [3.8, 4) is 0 Å². The van der Waals surface area contributed by atoms with E-state index in [0.29, 0.717) is 25.1 Å². The van der Waals surface area contributed by atoms with Gasteiger partial charge in [0.05, 0.1) is 17.2 Å². The molecule has 1 atom stereocenters. The van der Waals surface area contributed by atoms with Gasteiger partial charge in [0.1, 0.15) is 6.04 Å². The second kappa shape index (κ2) is 7.13. The fourth-order valence-electron chi connectivity index (χ4n) is 3.01. The average molecular weight is 343 g/mol. The number of thiazole rings is 1. The number of carbonyl (C=O) groups excluding carboxylic acids is 2. The number of amides is 2. The van der Waals surface area contributed by atoms with E-state index in [4.69, 9.17) is 0 Å². The topological polar surface area (TPSA) is 62.3 Å². The SMILES string of the molecule is Cc1cccc(C(=O)N2CCC[C@@H]2C(=O)NCc2csc(C)n2)c1. The molecule has 1 N–H and O–H groups in total. The molecule has 0 spiro atoms. The molecule has 126 valence electrons. The molecule has 1 saturated heterocycles. The molecule has 1 aliphatic rings. The summed E-state index contributed by atoms with van der Waals surface area (Å²) in [5.41, 5.74) is 2.55. The van der Waals surface area contributed by atoms with Gasteiger partial charge in [0, 0.05) is 17.5 Å². The maximum Gasteiger partial charge on any atom is 0.254 e. The third kappa shape index (κ3) is 3.64. The number of rotatable bonds is 4. The maximum atomic E-state index is 12.7. The third-order valence-electron chi connectivity index (χ3n) is 4.19. The Labute approximate surface area is 145 Å². The number of benzene rings is 1. The van der Waals surface area contributed by atoms with E-state index in [1.165, 1.54) is 0 Å².